The molecule has 0 aliphatic heterocycles. The number of nitrogens with two attached hydrogens (primary N) is 1. The van der Waals surface area contributed by atoms with Gasteiger partial charge in [0.25, 0.3) is 0 Å². The summed E-state index contributed by atoms with van der Waals surface area (Å²) in [6.45, 7) is 4.48. The van der Waals surface area contributed by atoms with Gasteiger partial charge in [0.05, 0.1) is 6.61 Å². The standard InChI is InChI=1S/C22H43NO2/c1-3-4-5-6-7-8-9-10-11-12-13-14-15-16-17-18-19-25-22(24)20-21(2)23/h20H,3-19,23H2,1-2H3. The Bertz CT molecular complexity index is 322. The molecule has 0 saturated heterocycles. The first kappa shape index (κ1) is 24.0. The van der Waals surface area contributed by atoms with Gasteiger partial charge in [-0.15, -0.1) is 0 Å². The average molecular weight is 354 g/mol. The van der Waals surface area contributed by atoms with Crippen molar-refractivity contribution in [3.05, 3.63) is 11.8 Å². The molecule has 0 aliphatic carbocycles. The van der Waals surface area contributed by atoms with Crippen LogP contribution in [-0.4, -0.2) is 12.6 Å². The molecule has 0 aromatic heterocycles. The van der Waals surface area contributed by atoms with Crippen LogP contribution in [-0.2, 0) is 9.53 Å². The Labute approximate surface area is 156 Å². The third-order valence-electron chi connectivity index (χ3n) is 4.59. The highest BCUT2D eigenvalue weighted by Crippen LogP contribution is 2.13. The maximum atomic E-state index is 11.2. The fourth-order valence-electron chi connectivity index (χ4n) is 3.05. The summed E-state index contributed by atoms with van der Waals surface area (Å²) < 4.78 is 5.08. The molecule has 0 aliphatic rings. The molecule has 0 fully saturated rings. The van der Waals surface area contributed by atoms with Crippen LogP contribution in [0.25, 0.3) is 0 Å². The number of rotatable bonds is 18. The van der Waals surface area contributed by atoms with Crippen molar-refractivity contribution in [2.24, 2.45) is 5.73 Å². The van der Waals surface area contributed by atoms with E-state index < -0.39 is 0 Å². The molecule has 0 unspecified atom stereocenters. The Kier molecular flexibility index (Phi) is 18.6. The topological polar surface area (TPSA) is 52.3 Å². The van der Waals surface area contributed by atoms with E-state index in [1.807, 2.05) is 0 Å². The zero-order valence-corrected chi connectivity index (χ0v) is 17.0. The largest absolute Gasteiger partial charge is 0.462 e. The molecule has 0 spiro atoms. The Morgan fingerprint density at radius 3 is 1.44 bits per heavy atom. The molecule has 3 nitrogen and oxygen atoms in total. The van der Waals surface area contributed by atoms with Gasteiger partial charge in [0, 0.05) is 11.8 Å². The molecule has 0 aromatic carbocycles. The molecule has 25 heavy (non-hydrogen) atoms. The second-order valence-electron chi connectivity index (χ2n) is 7.36. The molecule has 0 bridgehead atoms. The minimum Gasteiger partial charge on any atom is -0.462 e. The molecule has 3 heteroatoms. The number of ether oxygens (including phenoxy) is 1. The predicted molar refractivity (Wildman–Crippen MR) is 108 cm³/mol. The van der Waals surface area contributed by atoms with Crippen molar-refractivity contribution < 1.29 is 9.53 Å². The van der Waals surface area contributed by atoms with Gasteiger partial charge in [-0.25, -0.2) is 4.79 Å². The first-order chi connectivity index (χ1) is 12.2. The van der Waals surface area contributed by atoms with Crippen LogP contribution in [0, 0.1) is 0 Å². The number of carbonyl (C=O) groups is 1. The number of unbranched alkanes of at least 4 members (excludes halogenated alkanes) is 15. The Morgan fingerprint density at radius 1 is 0.720 bits per heavy atom. The second-order valence-corrected chi connectivity index (χ2v) is 7.36. The lowest BCUT2D eigenvalue weighted by Gasteiger charge is -2.04. The van der Waals surface area contributed by atoms with Crippen LogP contribution >= 0.6 is 0 Å². The van der Waals surface area contributed by atoms with Gasteiger partial charge in [0.15, 0.2) is 0 Å². The van der Waals surface area contributed by atoms with Gasteiger partial charge in [-0.2, -0.15) is 0 Å². The zero-order chi connectivity index (χ0) is 18.6. The van der Waals surface area contributed by atoms with Crippen molar-refractivity contribution in [3.63, 3.8) is 0 Å². The SMILES string of the molecule is CCCCCCCCCCCCCCCCCCOC(=O)C=C(C)N. The lowest BCUT2D eigenvalue weighted by atomic mass is 10.0. The van der Waals surface area contributed by atoms with E-state index >= 15 is 0 Å². The van der Waals surface area contributed by atoms with Crippen molar-refractivity contribution in [3.8, 4) is 0 Å². The van der Waals surface area contributed by atoms with Crippen LogP contribution in [0.4, 0.5) is 0 Å². The smallest absolute Gasteiger partial charge is 0.332 e. The van der Waals surface area contributed by atoms with Gasteiger partial charge in [-0.05, 0) is 13.3 Å². The summed E-state index contributed by atoms with van der Waals surface area (Å²) in [5.41, 5.74) is 5.92. The number of hydrogen-bond acceptors (Lipinski definition) is 3. The minimum atomic E-state index is -0.319. The summed E-state index contributed by atoms with van der Waals surface area (Å²) >= 11 is 0. The molecular weight excluding hydrogens is 310 g/mol. The van der Waals surface area contributed by atoms with Gasteiger partial charge < -0.3 is 10.5 Å². The van der Waals surface area contributed by atoms with E-state index in [-0.39, 0.29) is 5.97 Å². The molecule has 0 radical (unpaired) electrons. The summed E-state index contributed by atoms with van der Waals surface area (Å²) in [5.74, 6) is -0.319. The second kappa shape index (κ2) is 19.3. The first-order valence-corrected chi connectivity index (χ1v) is 10.8. The van der Waals surface area contributed by atoms with Crippen molar-refractivity contribution in [1.82, 2.24) is 0 Å². The summed E-state index contributed by atoms with van der Waals surface area (Å²) in [5, 5.41) is 0. The highest BCUT2D eigenvalue weighted by atomic mass is 16.5. The average Bonchev–Trinajstić information content (AvgIpc) is 2.57. The van der Waals surface area contributed by atoms with Crippen LogP contribution in [0.3, 0.4) is 0 Å². The number of carbonyl (C=O) groups excluding carboxylic acids is 1. The first-order valence-electron chi connectivity index (χ1n) is 10.8. The Morgan fingerprint density at radius 2 is 1.08 bits per heavy atom. The van der Waals surface area contributed by atoms with Gasteiger partial charge in [-0.3, -0.25) is 0 Å². The molecule has 0 heterocycles. The van der Waals surface area contributed by atoms with Gasteiger partial charge in [0.2, 0.25) is 0 Å². The van der Waals surface area contributed by atoms with Crippen LogP contribution < -0.4 is 5.73 Å². The Balaban J connectivity index is 3.10. The molecule has 0 amide bonds. The highest BCUT2D eigenvalue weighted by Gasteiger charge is 1.98. The van der Waals surface area contributed by atoms with Crippen molar-refractivity contribution in [2.75, 3.05) is 6.61 Å². The van der Waals surface area contributed by atoms with E-state index in [2.05, 4.69) is 6.92 Å². The monoisotopic (exact) mass is 353 g/mol. The summed E-state index contributed by atoms with van der Waals surface area (Å²) in [6.07, 6.45) is 22.9. The van der Waals surface area contributed by atoms with Crippen molar-refractivity contribution in [2.45, 2.75) is 117 Å². The maximum Gasteiger partial charge on any atom is 0.332 e. The lowest BCUT2D eigenvalue weighted by Crippen LogP contribution is -2.05. The van der Waals surface area contributed by atoms with Crippen LogP contribution in [0.15, 0.2) is 11.8 Å². The van der Waals surface area contributed by atoms with Crippen molar-refractivity contribution in [1.29, 1.82) is 0 Å². The third-order valence-corrected chi connectivity index (χ3v) is 4.59. The maximum absolute atomic E-state index is 11.2. The quantitative estimate of drug-likeness (QED) is 0.170. The summed E-state index contributed by atoms with van der Waals surface area (Å²) in [7, 11) is 0. The lowest BCUT2D eigenvalue weighted by molar-refractivity contribution is -0.137. The normalized spacial score (nSPS) is 11.7. The fraction of sp³-hybridized carbons (Fsp3) is 0.864. The van der Waals surface area contributed by atoms with Gasteiger partial charge >= 0.3 is 5.97 Å². The van der Waals surface area contributed by atoms with Gasteiger partial charge in [0.1, 0.15) is 0 Å². The molecule has 0 rings (SSSR count). The Hall–Kier alpha value is -0.990. The third kappa shape index (κ3) is 21.0. The molecular formula is C22H43NO2. The molecule has 2 N–H and O–H groups in total. The number of allylic oxidation sites excluding steroid dienone is 1. The van der Waals surface area contributed by atoms with Gasteiger partial charge in [-0.1, -0.05) is 103 Å². The summed E-state index contributed by atoms with van der Waals surface area (Å²) in [6, 6.07) is 0. The predicted octanol–water partition coefficient (Wildman–Crippen LogP) is 6.65. The number of esters is 1. The zero-order valence-electron chi connectivity index (χ0n) is 17.0. The van der Waals surface area contributed by atoms with E-state index in [0.717, 1.165) is 12.8 Å². The highest BCUT2D eigenvalue weighted by molar-refractivity contribution is 5.82. The molecule has 148 valence electrons. The summed E-state index contributed by atoms with van der Waals surface area (Å²) in [4.78, 5) is 11.2. The van der Waals surface area contributed by atoms with E-state index in [1.165, 1.54) is 96.0 Å². The van der Waals surface area contributed by atoms with Crippen molar-refractivity contribution >= 4 is 5.97 Å². The number of hydrogen-bond donors (Lipinski definition) is 1. The molecule has 0 saturated carbocycles. The molecule has 0 atom stereocenters. The van der Waals surface area contributed by atoms with Crippen LogP contribution in [0.1, 0.15) is 117 Å². The van der Waals surface area contributed by atoms with E-state index in [4.69, 9.17) is 10.5 Å². The fourth-order valence-corrected chi connectivity index (χ4v) is 3.05. The van der Waals surface area contributed by atoms with Crippen LogP contribution in [0.5, 0.6) is 0 Å². The van der Waals surface area contributed by atoms with E-state index in [0.29, 0.717) is 12.3 Å². The van der Waals surface area contributed by atoms with Crippen LogP contribution in [0.2, 0.25) is 0 Å². The van der Waals surface area contributed by atoms with E-state index in [1.54, 1.807) is 6.92 Å². The minimum absolute atomic E-state index is 0.319. The van der Waals surface area contributed by atoms with E-state index in [9.17, 15) is 4.79 Å². The molecule has 0 aromatic rings.